The van der Waals surface area contributed by atoms with Gasteiger partial charge in [0.15, 0.2) is 0 Å². The van der Waals surface area contributed by atoms with E-state index < -0.39 is 0 Å². The predicted molar refractivity (Wildman–Crippen MR) is 66.1 cm³/mol. The lowest BCUT2D eigenvalue weighted by Crippen LogP contribution is -2.34. The Balaban J connectivity index is 2.09. The first-order valence-corrected chi connectivity index (χ1v) is 6.26. The molecule has 1 saturated heterocycles. The summed E-state index contributed by atoms with van der Waals surface area (Å²) < 4.78 is 0. The second-order valence-corrected chi connectivity index (χ2v) is 4.48. The van der Waals surface area contributed by atoms with Crippen molar-refractivity contribution >= 4 is 0 Å². The van der Waals surface area contributed by atoms with E-state index in [9.17, 15) is 0 Å². The zero-order valence-corrected chi connectivity index (χ0v) is 9.81. The van der Waals surface area contributed by atoms with E-state index in [1.54, 1.807) is 0 Å². The molecule has 16 heavy (non-hydrogen) atoms. The SMILES string of the molecule is NCCC(c1cccnc1)N1CCCCC1. The molecule has 0 spiro atoms. The zero-order chi connectivity index (χ0) is 11.2. The van der Waals surface area contributed by atoms with Gasteiger partial charge in [-0.15, -0.1) is 0 Å². The number of hydrogen-bond acceptors (Lipinski definition) is 3. The molecular weight excluding hydrogens is 198 g/mol. The number of hydrogen-bond donors (Lipinski definition) is 1. The standard InChI is InChI=1S/C13H21N3/c14-7-6-13(12-5-4-8-15-11-12)16-9-2-1-3-10-16/h4-5,8,11,13H,1-3,6-7,9-10,14H2. The van der Waals surface area contributed by atoms with Crippen molar-refractivity contribution in [2.24, 2.45) is 5.73 Å². The number of aromatic nitrogens is 1. The summed E-state index contributed by atoms with van der Waals surface area (Å²) in [5, 5.41) is 0. The third kappa shape index (κ3) is 2.80. The van der Waals surface area contributed by atoms with Crippen LogP contribution in [-0.4, -0.2) is 29.5 Å². The van der Waals surface area contributed by atoms with E-state index in [0.29, 0.717) is 6.04 Å². The molecule has 0 aliphatic carbocycles. The van der Waals surface area contributed by atoms with Crippen molar-refractivity contribution in [2.75, 3.05) is 19.6 Å². The third-order valence-electron chi connectivity index (χ3n) is 3.34. The van der Waals surface area contributed by atoms with Crippen LogP contribution in [0.3, 0.4) is 0 Å². The summed E-state index contributed by atoms with van der Waals surface area (Å²) in [6, 6.07) is 4.66. The first kappa shape index (κ1) is 11.6. The molecule has 88 valence electrons. The van der Waals surface area contributed by atoms with Gasteiger partial charge in [-0.2, -0.15) is 0 Å². The van der Waals surface area contributed by atoms with Crippen molar-refractivity contribution in [3.63, 3.8) is 0 Å². The molecule has 2 rings (SSSR count). The van der Waals surface area contributed by atoms with Crippen LogP contribution in [0.4, 0.5) is 0 Å². The van der Waals surface area contributed by atoms with Crippen LogP contribution < -0.4 is 5.73 Å². The average molecular weight is 219 g/mol. The molecule has 1 aliphatic heterocycles. The normalized spacial score (nSPS) is 19.6. The molecule has 0 aromatic carbocycles. The molecule has 3 nitrogen and oxygen atoms in total. The molecule has 1 atom stereocenters. The van der Waals surface area contributed by atoms with Crippen LogP contribution >= 0.6 is 0 Å². The summed E-state index contributed by atoms with van der Waals surface area (Å²) in [7, 11) is 0. The molecule has 1 aromatic heterocycles. The van der Waals surface area contributed by atoms with E-state index in [1.807, 2.05) is 18.5 Å². The number of likely N-dealkylation sites (tertiary alicyclic amines) is 1. The first-order valence-electron chi connectivity index (χ1n) is 6.26. The first-order chi connectivity index (χ1) is 7.92. The highest BCUT2D eigenvalue weighted by atomic mass is 15.2. The molecule has 1 fully saturated rings. The Morgan fingerprint density at radius 2 is 2.12 bits per heavy atom. The van der Waals surface area contributed by atoms with Crippen molar-refractivity contribution in [1.29, 1.82) is 0 Å². The molecular formula is C13H21N3. The highest BCUT2D eigenvalue weighted by Gasteiger charge is 2.21. The van der Waals surface area contributed by atoms with E-state index >= 15 is 0 Å². The number of piperidine rings is 1. The largest absolute Gasteiger partial charge is 0.330 e. The smallest absolute Gasteiger partial charge is 0.0375 e. The molecule has 1 aliphatic rings. The van der Waals surface area contributed by atoms with Gasteiger partial charge >= 0.3 is 0 Å². The van der Waals surface area contributed by atoms with Gasteiger partial charge < -0.3 is 5.73 Å². The molecule has 2 N–H and O–H groups in total. The Kier molecular flexibility index (Phi) is 4.31. The van der Waals surface area contributed by atoms with Crippen LogP contribution in [-0.2, 0) is 0 Å². The fraction of sp³-hybridized carbons (Fsp3) is 0.615. The van der Waals surface area contributed by atoms with Gasteiger partial charge in [-0.25, -0.2) is 0 Å². The van der Waals surface area contributed by atoms with Crippen LogP contribution in [0.2, 0.25) is 0 Å². The van der Waals surface area contributed by atoms with Gasteiger partial charge in [0.25, 0.3) is 0 Å². The fourth-order valence-corrected chi connectivity index (χ4v) is 2.52. The molecule has 2 heterocycles. The van der Waals surface area contributed by atoms with E-state index in [-0.39, 0.29) is 0 Å². The summed E-state index contributed by atoms with van der Waals surface area (Å²) in [6.45, 7) is 3.16. The Morgan fingerprint density at radius 3 is 2.75 bits per heavy atom. The summed E-state index contributed by atoms with van der Waals surface area (Å²) in [5.74, 6) is 0. The van der Waals surface area contributed by atoms with E-state index in [1.165, 1.54) is 37.9 Å². The van der Waals surface area contributed by atoms with Crippen molar-refractivity contribution in [1.82, 2.24) is 9.88 Å². The highest BCUT2D eigenvalue weighted by Crippen LogP contribution is 2.26. The van der Waals surface area contributed by atoms with Crippen LogP contribution in [0.25, 0.3) is 0 Å². The zero-order valence-electron chi connectivity index (χ0n) is 9.81. The van der Waals surface area contributed by atoms with E-state index in [0.717, 1.165) is 13.0 Å². The second kappa shape index (κ2) is 5.97. The number of nitrogens with zero attached hydrogens (tertiary/aromatic N) is 2. The number of pyridine rings is 1. The van der Waals surface area contributed by atoms with Gasteiger partial charge in [0, 0.05) is 18.4 Å². The van der Waals surface area contributed by atoms with Crippen molar-refractivity contribution in [2.45, 2.75) is 31.7 Å². The van der Waals surface area contributed by atoms with Crippen LogP contribution in [0.15, 0.2) is 24.5 Å². The number of nitrogens with two attached hydrogens (primary N) is 1. The Labute approximate surface area is 97.7 Å². The monoisotopic (exact) mass is 219 g/mol. The van der Waals surface area contributed by atoms with Crippen molar-refractivity contribution < 1.29 is 0 Å². The maximum atomic E-state index is 5.73. The minimum Gasteiger partial charge on any atom is -0.330 e. The summed E-state index contributed by atoms with van der Waals surface area (Å²) in [5.41, 5.74) is 7.04. The van der Waals surface area contributed by atoms with Gasteiger partial charge in [-0.3, -0.25) is 9.88 Å². The van der Waals surface area contributed by atoms with Crippen molar-refractivity contribution in [3.8, 4) is 0 Å². The number of rotatable bonds is 4. The molecule has 1 aromatic rings. The van der Waals surface area contributed by atoms with E-state index in [2.05, 4.69) is 16.0 Å². The van der Waals surface area contributed by atoms with E-state index in [4.69, 9.17) is 5.73 Å². The minimum absolute atomic E-state index is 0.471. The average Bonchev–Trinajstić information content (AvgIpc) is 2.38. The predicted octanol–water partition coefficient (Wildman–Crippen LogP) is 1.96. The second-order valence-electron chi connectivity index (χ2n) is 4.48. The van der Waals surface area contributed by atoms with Crippen LogP contribution in [0.5, 0.6) is 0 Å². The summed E-state index contributed by atoms with van der Waals surface area (Å²) in [6.07, 6.45) is 8.86. The molecule has 0 radical (unpaired) electrons. The van der Waals surface area contributed by atoms with Crippen LogP contribution in [0, 0.1) is 0 Å². The van der Waals surface area contributed by atoms with Crippen molar-refractivity contribution in [3.05, 3.63) is 30.1 Å². The molecule has 0 amide bonds. The Morgan fingerprint density at radius 1 is 1.31 bits per heavy atom. The minimum atomic E-state index is 0.471. The lowest BCUT2D eigenvalue weighted by atomic mass is 10.0. The highest BCUT2D eigenvalue weighted by molar-refractivity contribution is 5.14. The molecule has 1 unspecified atom stereocenters. The Bertz CT molecular complexity index is 293. The lowest BCUT2D eigenvalue weighted by molar-refractivity contribution is 0.157. The molecule has 0 saturated carbocycles. The quantitative estimate of drug-likeness (QED) is 0.841. The Hall–Kier alpha value is -0.930. The van der Waals surface area contributed by atoms with Gasteiger partial charge in [0.2, 0.25) is 0 Å². The third-order valence-corrected chi connectivity index (χ3v) is 3.34. The maximum Gasteiger partial charge on any atom is 0.0375 e. The summed E-state index contributed by atoms with van der Waals surface area (Å²) >= 11 is 0. The maximum absolute atomic E-state index is 5.73. The fourth-order valence-electron chi connectivity index (χ4n) is 2.52. The molecule has 3 heteroatoms. The topological polar surface area (TPSA) is 42.1 Å². The molecule has 0 bridgehead atoms. The van der Waals surface area contributed by atoms with Gasteiger partial charge in [-0.05, 0) is 50.5 Å². The van der Waals surface area contributed by atoms with Gasteiger partial charge in [0.05, 0.1) is 0 Å². The van der Waals surface area contributed by atoms with Gasteiger partial charge in [0.1, 0.15) is 0 Å². The van der Waals surface area contributed by atoms with Gasteiger partial charge in [-0.1, -0.05) is 12.5 Å². The summed E-state index contributed by atoms with van der Waals surface area (Å²) in [4.78, 5) is 6.78. The lowest BCUT2D eigenvalue weighted by Gasteiger charge is -2.34. The van der Waals surface area contributed by atoms with Crippen LogP contribution in [0.1, 0.15) is 37.3 Å².